The molecular weight excluding hydrogens is 114 g/mol. The van der Waals surface area contributed by atoms with Gasteiger partial charge in [0.1, 0.15) is 0 Å². The molecule has 0 spiro atoms. The van der Waals surface area contributed by atoms with Gasteiger partial charge in [0.15, 0.2) is 0 Å². The van der Waals surface area contributed by atoms with Crippen LogP contribution < -0.4 is 5.32 Å². The van der Waals surface area contributed by atoms with Crippen LogP contribution >= 0.6 is 0 Å². The van der Waals surface area contributed by atoms with Crippen LogP contribution in [0.2, 0.25) is 0 Å². The van der Waals surface area contributed by atoms with Gasteiger partial charge in [0.2, 0.25) is 0 Å². The van der Waals surface area contributed by atoms with Crippen LogP contribution in [0.4, 0.5) is 0 Å². The van der Waals surface area contributed by atoms with E-state index < -0.39 is 0 Å². The maximum Gasteiger partial charge on any atom is 0.0472 e. The molecule has 1 fully saturated rings. The van der Waals surface area contributed by atoms with Crippen LogP contribution in [-0.2, 0) is 0 Å². The summed E-state index contributed by atoms with van der Waals surface area (Å²) in [6.07, 6.45) is 1.10. The molecule has 2 heteroatoms. The number of aliphatic hydroxyl groups excluding tert-OH is 1. The van der Waals surface area contributed by atoms with E-state index in [0.29, 0.717) is 12.5 Å². The minimum Gasteiger partial charge on any atom is -0.396 e. The highest BCUT2D eigenvalue weighted by Gasteiger charge is 2.29. The fourth-order valence-electron chi connectivity index (χ4n) is 1.42. The zero-order valence-corrected chi connectivity index (χ0v) is 6.15. The lowest BCUT2D eigenvalue weighted by molar-refractivity contribution is 0.232. The van der Waals surface area contributed by atoms with Crippen LogP contribution in [0, 0.1) is 5.92 Å². The summed E-state index contributed by atoms with van der Waals surface area (Å²) in [6.45, 7) is 5.64. The molecule has 0 radical (unpaired) electrons. The van der Waals surface area contributed by atoms with E-state index in [1.54, 1.807) is 0 Å². The van der Waals surface area contributed by atoms with Crippen molar-refractivity contribution in [3.05, 3.63) is 0 Å². The molecule has 2 nitrogen and oxygen atoms in total. The summed E-state index contributed by atoms with van der Waals surface area (Å²) in [7, 11) is 0. The van der Waals surface area contributed by atoms with Crippen molar-refractivity contribution >= 4 is 0 Å². The minimum absolute atomic E-state index is 0.257. The largest absolute Gasteiger partial charge is 0.396 e. The molecule has 0 bridgehead atoms. The van der Waals surface area contributed by atoms with E-state index in [1.165, 1.54) is 0 Å². The highest BCUT2D eigenvalue weighted by Crippen LogP contribution is 2.21. The molecule has 9 heavy (non-hydrogen) atoms. The van der Waals surface area contributed by atoms with Crippen molar-refractivity contribution in [2.75, 3.05) is 13.2 Å². The van der Waals surface area contributed by atoms with Crippen LogP contribution in [0.25, 0.3) is 0 Å². The average Bonchev–Trinajstić information content (AvgIpc) is 2.10. The summed E-state index contributed by atoms with van der Waals surface area (Å²) < 4.78 is 0. The van der Waals surface area contributed by atoms with Crippen LogP contribution in [0.15, 0.2) is 0 Å². The number of hydrogen-bond acceptors (Lipinski definition) is 2. The van der Waals surface area contributed by atoms with Crippen molar-refractivity contribution in [2.24, 2.45) is 5.92 Å². The second-order valence-corrected chi connectivity index (χ2v) is 3.52. The number of hydrogen-bond donors (Lipinski definition) is 2. The normalized spacial score (nSPS) is 33.0. The summed E-state index contributed by atoms with van der Waals surface area (Å²) in [6, 6.07) is 0. The molecule has 0 saturated carbocycles. The van der Waals surface area contributed by atoms with Gasteiger partial charge < -0.3 is 10.4 Å². The van der Waals surface area contributed by atoms with Crippen LogP contribution in [-0.4, -0.2) is 23.8 Å². The van der Waals surface area contributed by atoms with Crippen LogP contribution in [0.1, 0.15) is 20.3 Å². The van der Waals surface area contributed by atoms with E-state index >= 15 is 0 Å². The maximum atomic E-state index is 8.76. The van der Waals surface area contributed by atoms with Crippen LogP contribution in [0.5, 0.6) is 0 Å². The first-order valence-electron chi connectivity index (χ1n) is 3.50. The van der Waals surface area contributed by atoms with Gasteiger partial charge in [0.05, 0.1) is 0 Å². The monoisotopic (exact) mass is 129 g/mol. The van der Waals surface area contributed by atoms with Gasteiger partial charge in [-0.3, -0.25) is 0 Å². The molecule has 1 aliphatic rings. The van der Waals surface area contributed by atoms with Crippen molar-refractivity contribution in [1.29, 1.82) is 0 Å². The number of nitrogens with one attached hydrogen (secondary N) is 1. The predicted octanol–water partition coefficient (Wildman–Crippen LogP) is 0.367. The zero-order valence-electron chi connectivity index (χ0n) is 6.15. The Bertz CT molecular complexity index is 101. The van der Waals surface area contributed by atoms with Gasteiger partial charge in [-0.15, -0.1) is 0 Å². The molecule has 0 amide bonds. The van der Waals surface area contributed by atoms with Crippen molar-refractivity contribution in [1.82, 2.24) is 5.32 Å². The summed E-state index contributed by atoms with van der Waals surface area (Å²) in [4.78, 5) is 0. The van der Waals surface area contributed by atoms with Gasteiger partial charge in [-0.1, -0.05) is 0 Å². The molecule has 1 heterocycles. The zero-order chi connectivity index (χ0) is 6.91. The minimum atomic E-state index is 0.257. The molecule has 1 rings (SSSR count). The van der Waals surface area contributed by atoms with Gasteiger partial charge in [-0.25, -0.2) is 0 Å². The fraction of sp³-hybridized carbons (Fsp3) is 1.00. The highest BCUT2D eigenvalue weighted by molar-refractivity contribution is 4.88. The summed E-state index contributed by atoms with van der Waals surface area (Å²) in [5.41, 5.74) is 0.257. The molecule has 0 aromatic carbocycles. The van der Waals surface area contributed by atoms with Gasteiger partial charge >= 0.3 is 0 Å². The van der Waals surface area contributed by atoms with E-state index in [0.717, 1.165) is 13.0 Å². The lowest BCUT2D eigenvalue weighted by Crippen LogP contribution is -2.31. The van der Waals surface area contributed by atoms with Gasteiger partial charge in [0, 0.05) is 18.7 Å². The Hall–Kier alpha value is -0.0800. The van der Waals surface area contributed by atoms with Crippen LogP contribution in [0.3, 0.4) is 0 Å². The smallest absolute Gasteiger partial charge is 0.0472 e. The SMILES string of the molecule is CC1(C)C[C@H](CO)CN1. The standard InChI is InChI=1S/C7H15NO/c1-7(2)3-6(5-9)4-8-7/h6,8-9H,3-5H2,1-2H3/t6-/m0/s1. The molecule has 0 aromatic rings. The summed E-state index contributed by atoms with van der Waals surface area (Å²) in [5, 5.41) is 12.1. The summed E-state index contributed by atoms with van der Waals surface area (Å²) >= 11 is 0. The Balaban J connectivity index is 2.38. The molecule has 2 N–H and O–H groups in total. The van der Waals surface area contributed by atoms with Crippen molar-refractivity contribution < 1.29 is 5.11 Å². The van der Waals surface area contributed by atoms with Crippen molar-refractivity contribution in [3.8, 4) is 0 Å². The van der Waals surface area contributed by atoms with E-state index in [9.17, 15) is 0 Å². The number of aliphatic hydroxyl groups is 1. The fourth-order valence-corrected chi connectivity index (χ4v) is 1.42. The quantitative estimate of drug-likeness (QED) is 0.536. The highest BCUT2D eigenvalue weighted by atomic mass is 16.3. The molecule has 0 aromatic heterocycles. The van der Waals surface area contributed by atoms with E-state index in [4.69, 9.17) is 5.11 Å². The molecule has 0 unspecified atom stereocenters. The first kappa shape index (κ1) is 7.03. The number of rotatable bonds is 1. The third-order valence-electron chi connectivity index (χ3n) is 1.93. The molecule has 0 aliphatic carbocycles. The Labute approximate surface area is 56.3 Å². The Morgan fingerprint density at radius 3 is 2.56 bits per heavy atom. The van der Waals surface area contributed by atoms with Gasteiger partial charge in [-0.05, 0) is 26.2 Å². The molecule has 1 saturated heterocycles. The van der Waals surface area contributed by atoms with Gasteiger partial charge in [-0.2, -0.15) is 0 Å². The molecular formula is C7H15NO. The van der Waals surface area contributed by atoms with Crippen molar-refractivity contribution in [2.45, 2.75) is 25.8 Å². The second kappa shape index (κ2) is 2.27. The third kappa shape index (κ3) is 1.66. The Morgan fingerprint density at radius 1 is 1.67 bits per heavy atom. The second-order valence-electron chi connectivity index (χ2n) is 3.52. The first-order valence-corrected chi connectivity index (χ1v) is 3.50. The third-order valence-corrected chi connectivity index (χ3v) is 1.93. The van der Waals surface area contributed by atoms with Gasteiger partial charge in [0.25, 0.3) is 0 Å². The van der Waals surface area contributed by atoms with E-state index in [1.807, 2.05) is 0 Å². The Kier molecular flexibility index (Phi) is 1.78. The lowest BCUT2D eigenvalue weighted by atomic mass is 9.98. The van der Waals surface area contributed by atoms with E-state index in [-0.39, 0.29) is 5.54 Å². The lowest BCUT2D eigenvalue weighted by Gasteiger charge is -2.16. The topological polar surface area (TPSA) is 32.3 Å². The summed E-state index contributed by atoms with van der Waals surface area (Å²) in [5.74, 6) is 0.486. The molecule has 54 valence electrons. The molecule has 1 aliphatic heterocycles. The average molecular weight is 129 g/mol. The van der Waals surface area contributed by atoms with E-state index in [2.05, 4.69) is 19.2 Å². The maximum absolute atomic E-state index is 8.76. The predicted molar refractivity (Wildman–Crippen MR) is 37.3 cm³/mol. The Morgan fingerprint density at radius 2 is 2.33 bits per heavy atom. The van der Waals surface area contributed by atoms with Crippen molar-refractivity contribution in [3.63, 3.8) is 0 Å². The first-order chi connectivity index (χ1) is 4.14. The molecule has 1 atom stereocenters.